The van der Waals surface area contributed by atoms with Crippen molar-refractivity contribution < 1.29 is 14.3 Å². The van der Waals surface area contributed by atoms with Gasteiger partial charge in [0.05, 0.1) is 5.60 Å². The Bertz CT molecular complexity index is 678. The van der Waals surface area contributed by atoms with Crippen LogP contribution in [-0.2, 0) is 20.9 Å². The molecule has 1 aromatic rings. The number of carbonyl (C=O) groups is 2. The lowest BCUT2D eigenvalue weighted by Gasteiger charge is -2.47. The Morgan fingerprint density at radius 3 is 2.54 bits per heavy atom. The monoisotopic (exact) mass is 384 g/mol. The molecule has 2 heterocycles. The highest BCUT2D eigenvalue weighted by Crippen LogP contribution is 2.39. The lowest BCUT2D eigenvalue weighted by molar-refractivity contribution is -0.153. The number of carbonyl (C=O) groups excluding carboxylic acids is 2. The molecule has 3 aliphatic rings. The van der Waals surface area contributed by atoms with Gasteiger partial charge >= 0.3 is 0 Å². The molecule has 4 rings (SSSR count). The molecule has 5 heteroatoms. The third-order valence-corrected chi connectivity index (χ3v) is 6.84. The van der Waals surface area contributed by atoms with Crippen molar-refractivity contribution in [1.82, 2.24) is 10.2 Å². The molecule has 0 bridgehead atoms. The van der Waals surface area contributed by atoms with Crippen LogP contribution in [0.5, 0.6) is 0 Å². The van der Waals surface area contributed by atoms with E-state index in [0.29, 0.717) is 24.8 Å². The fourth-order valence-corrected chi connectivity index (χ4v) is 4.83. The molecule has 3 fully saturated rings. The predicted octanol–water partition coefficient (Wildman–Crippen LogP) is 3.28. The van der Waals surface area contributed by atoms with Gasteiger partial charge in [0.1, 0.15) is 0 Å². The van der Waals surface area contributed by atoms with Crippen molar-refractivity contribution in [2.75, 3.05) is 19.7 Å². The first-order chi connectivity index (χ1) is 13.6. The minimum Gasteiger partial charge on any atom is -0.375 e. The Morgan fingerprint density at radius 1 is 1.11 bits per heavy atom. The maximum atomic E-state index is 12.5. The first-order valence-corrected chi connectivity index (χ1v) is 10.9. The quantitative estimate of drug-likeness (QED) is 0.848. The van der Waals surface area contributed by atoms with Gasteiger partial charge in [-0.05, 0) is 50.0 Å². The summed E-state index contributed by atoms with van der Waals surface area (Å²) >= 11 is 0. The highest BCUT2D eigenvalue weighted by molar-refractivity contribution is 5.79. The summed E-state index contributed by atoms with van der Waals surface area (Å²) in [4.78, 5) is 26.9. The van der Waals surface area contributed by atoms with Gasteiger partial charge in [0.25, 0.3) is 0 Å². The fourth-order valence-electron chi connectivity index (χ4n) is 4.83. The number of hydrogen-bond acceptors (Lipinski definition) is 3. The molecule has 152 valence electrons. The van der Waals surface area contributed by atoms with Crippen LogP contribution in [0, 0.1) is 11.8 Å². The van der Waals surface area contributed by atoms with Gasteiger partial charge in [-0.25, -0.2) is 0 Å². The van der Waals surface area contributed by atoms with Crippen molar-refractivity contribution in [3.63, 3.8) is 0 Å². The number of amides is 2. The van der Waals surface area contributed by atoms with Crippen LogP contribution < -0.4 is 5.32 Å². The molecule has 0 aromatic heterocycles. The van der Waals surface area contributed by atoms with E-state index in [9.17, 15) is 9.59 Å². The largest absolute Gasteiger partial charge is 0.375 e. The van der Waals surface area contributed by atoms with Crippen LogP contribution in [0.2, 0.25) is 0 Å². The van der Waals surface area contributed by atoms with Gasteiger partial charge in [0.2, 0.25) is 11.8 Å². The normalized spacial score (nSPS) is 24.6. The van der Waals surface area contributed by atoms with Crippen LogP contribution in [-0.4, -0.2) is 42.0 Å². The van der Waals surface area contributed by atoms with Gasteiger partial charge < -0.3 is 15.0 Å². The first kappa shape index (κ1) is 19.4. The van der Waals surface area contributed by atoms with Gasteiger partial charge in [0.15, 0.2) is 0 Å². The van der Waals surface area contributed by atoms with Gasteiger partial charge in [-0.2, -0.15) is 0 Å². The second-order valence-corrected chi connectivity index (χ2v) is 8.81. The summed E-state index contributed by atoms with van der Waals surface area (Å²) in [5.74, 6) is 1.14. The second-order valence-electron chi connectivity index (χ2n) is 8.81. The number of nitrogens with zero attached hydrogens (tertiary/aromatic N) is 1. The topological polar surface area (TPSA) is 58.6 Å². The summed E-state index contributed by atoms with van der Waals surface area (Å²) in [6.45, 7) is 2.93. The molecule has 1 unspecified atom stereocenters. The summed E-state index contributed by atoms with van der Waals surface area (Å²) < 4.78 is 6.21. The van der Waals surface area contributed by atoms with Gasteiger partial charge in [-0.3, -0.25) is 9.59 Å². The minimum absolute atomic E-state index is 0.126. The van der Waals surface area contributed by atoms with Gasteiger partial charge in [0, 0.05) is 38.6 Å². The highest BCUT2D eigenvalue weighted by Gasteiger charge is 2.42. The zero-order valence-electron chi connectivity index (χ0n) is 16.7. The molecule has 2 saturated heterocycles. The van der Waals surface area contributed by atoms with E-state index in [1.807, 2.05) is 30.3 Å². The molecular formula is C23H32N2O3. The third kappa shape index (κ3) is 4.57. The Hall–Kier alpha value is -1.88. The maximum Gasteiger partial charge on any atom is 0.225 e. The summed E-state index contributed by atoms with van der Waals surface area (Å²) in [5.41, 5.74) is 1.00. The van der Waals surface area contributed by atoms with E-state index < -0.39 is 0 Å². The molecule has 2 aliphatic heterocycles. The molecular weight excluding hydrogens is 352 g/mol. The molecule has 1 aliphatic carbocycles. The Morgan fingerprint density at radius 2 is 1.86 bits per heavy atom. The van der Waals surface area contributed by atoms with Crippen molar-refractivity contribution in [3.8, 4) is 0 Å². The maximum absolute atomic E-state index is 12.5. The highest BCUT2D eigenvalue weighted by atomic mass is 16.5. The fraction of sp³-hybridized carbons (Fsp3) is 0.652. The zero-order chi connectivity index (χ0) is 19.4. The third-order valence-electron chi connectivity index (χ3n) is 6.84. The summed E-state index contributed by atoms with van der Waals surface area (Å²) in [6.07, 6.45) is 7.62. The van der Waals surface area contributed by atoms with E-state index in [-0.39, 0.29) is 17.4 Å². The predicted molar refractivity (Wildman–Crippen MR) is 107 cm³/mol. The minimum atomic E-state index is -0.126. The van der Waals surface area contributed by atoms with Crippen molar-refractivity contribution >= 4 is 11.8 Å². The Labute approximate surface area is 167 Å². The van der Waals surface area contributed by atoms with Crippen LogP contribution in [0.4, 0.5) is 0 Å². The summed E-state index contributed by atoms with van der Waals surface area (Å²) in [6, 6.07) is 10.0. The van der Waals surface area contributed by atoms with E-state index in [4.69, 9.17) is 4.74 Å². The number of ether oxygens (including phenoxy) is 1. The second kappa shape index (κ2) is 8.64. The molecule has 1 spiro atoms. The summed E-state index contributed by atoms with van der Waals surface area (Å²) in [7, 11) is 0. The van der Waals surface area contributed by atoms with Crippen LogP contribution in [0.15, 0.2) is 30.3 Å². The number of piperidine rings is 1. The van der Waals surface area contributed by atoms with Crippen LogP contribution in [0.1, 0.15) is 56.9 Å². The average Bonchev–Trinajstić information content (AvgIpc) is 2.66. The smallest absolute Gasteiger partial charge is 0.225 e. The molecule has 1 N–H and O–H groups in total. The van der Waals surface area contributed by atoms with E-state index in [1.54, 1.807) is 0 Å². The van der Waals surface area contributed by atoms with Crippen LogP contribution >= 0.6 is 0 Å². The molecule has 5 nitrogen and oxygen atoms in total. The summed E-state index contributed by atoms with van der Waals surface area (Å²) in [5, 5.41) is 3.05. The molecule has 28 heavy (non-hydrogen) atoms. The standard InChI is InChI=1S/C23H32N2O3/c26-21(24-17-18-5-2-1-3-6-18)15-19-9-14-28-23(16-19)10-12-25(13-11-23)22(27)20-7-4-8-20/h1-3,5-6,19-20H,4,7-17H2,(H,24,26). The molecule has 1 saturated carbocycles. The van der Waals surface area contributed by atoms with E-state index in [0.717, 1.165) is 63.8 Å². The number of nitrogens with one attached hydrogen (secondary N) is 1. The number of rotatable bonds is 5. The zero-order valence-corrected chi connectivity index (χ0v) is 16.7. The average molecular weight is 385 g/mol. The molecule has 2 amide bonds. The van der Waals surface area contributed by atoms with Crippen molar-refractivity contribution in [2.24, 2.45) is 11.8 Å². The Balaban J connectivity index is 1.24. The molecule has 1 atom stereocenters. The number of likely N-dealkylation sites (tertiary alicyclic amines) is 1. The van der Waals surface area contributed by atoms with Gasteiger partial charge in [-0.1, -0.05) is 36.8 Å². The van der Waals surface area contributed by atoms with Crippen molar-refractivity contribution in [2.45, 2.75) is 63.5 Å². The first-order valence-electron chi connectivity index (χ1n) is 10.9. The van der Waals surface area contributed by atoms with Gasteiger partial charge in [-0.15, -0.1) is 0 Å². The molecule has 1 aromatic carbocycles. The van der Waals surface area contributed by atoms with Crippen LogP contribution in [0.25, 0.3) is 0 Å². The lowest BCUT2D eigenvalue weighted by atomic mass is 9.77. The molecule has 0 radical (unpaired) electrons. The number of benzene rings is 1. The SMILES string of the molecule is O=C(CC1CCOC2(CCN(C(=O)C3CCC3)CC2)C1)NCc1ccccc1. The van der Waals surface area contributed by atoms with Crippen molar-refractivity contribution in [1.29, 1.82) is 0 Å². The Kier molecular flexibility index (Phi) is 6.00. The number of hydrogen-bond donors (Lipinski definition) is 1. The van der Waals surface area contributed by atoms with Crippen LogP contribution in [0.3, 0.4) is 0 Å². The van der Waals surface area contributed by atoms with E-state index >= 15 is 0 Å². The van der Waals surface area contributed by atoms with Crippen molar-refractivity contribution in [3.05, 3.63) is 35.9 Å². The van der Waals surface area contributed by atoms with E-state index in [1.165, 1.54) is 6.42 Å². The van der Waals surface area contributed by atoms with E-state index in [2.05, 4.69) is 10.2 Å². The lowest BCUT2D eigenvalue weighted by Crippen LogP contribution is -2.52.